The molecule has 2 aromatic carbocycles. The van der Waals surface area contributed by atoms with Crippen LogP contribution < -0.4 is 0 Å². The Morgan fingerprint density at radius 2 is 1.75 bits per heavy atom. The van der Waals surface area contributed by atoms with Crippen molar-refractivity contribution in [3.8, 4) is 11.1 Å². The summed E-state index contributed by atoms with van der Waals surface area (Å²) >= 11 is 0. The molecule has 0 atom stereocenters. The third kappa shape index (κ3) is 2.56. The monoisotopic (exact) mass is 261 g/mol. The standard InChI is InChI=1S/C20H21/c1-3-4-6-16-9-11-17(12-10-16)19-8-5-7-18-13-15(2)14-20(18)19/h5,7-14H,3-4,6H2,1-2H3. The molecule has 0 N–H and O–H groups in total. The van der Waals surface area contributed by atoms with Crippen molar-refractivity contribution in [1.82, 2.24) is 0 Å². The SMILES string of the molecule is CCCCc1ccc(-c2cccc3c2C=C(C)[CH]3)cc1. The minimum absolute atomic E-state index is 1.19. The highest BCUT2D eigenvalue weighted by Crippen LogP contribution is 2.34. The maximum absolute atomic E-state index is 2.29. The zero-order valence-electron chi connectivity index (χ0n) is 12.3. The van der Waals surface area contributed by atoms with Crippen molar-refractivity contribution in [2.45, 2.75) is 33.1 Å². The number of rotatable bonds is 4. The molecule has 1 radical (unpaired) electrons. The summed E-state index contributed by atoms with van der Waals surface area (Å²) in [7, 11) is 0. The van der Waals surface area contributed by atoms with Gasteiger partial charge in [0.15, 0.2) is 0 Å². The summed E-state index contributed by atoms with van der Waals surface area (Å²) in [5.74, 6) is 0. The molecule has 0 saturated heterocycles. The molecule has 101 valence electrons. The number of fused-ring (bicyclic) bond motifs is 1. The summed E-state index contributed by atoms with van der Waals surface area (Å²) < 4.78 is 0. The number of aryl methyl sites for hydroxylation is 1. The molecule has 1 aliphatic carbocycles. The van der Waals surface area contributed by atoms with Gasteiger partial charge in [-0.25, -0.2) is 0 Å². The molecular formula is C20H21. The molecule has 1 aliphatic rings. The second-order valence-corrected chi connectivity index (χ2v) is 5.64. The third-order valence-corrected chi connectivity index (χ3v) is 3.98. The van der Waals surface area contributed by atoms with Crippen LogP contribution in [0.2, 0.25) is 0 Å². The van der Waals surface area contributed by atoms with Crippen LogP contribution >= 0.6 is 0 Å². The van der Waals surface area contributed by atoms with E-state index in [9.17, 15) is 0 Å². The Balaban J connectivity index is 1.92. The zero-order chi connectivity index (χ0) is 13.9. The quantitative estimate of drug-likeness (QED) is 0.665. The first-order valence-corrected chi connectivity index (χ1v) is 7.53. The van der Waals surface area contributed by atoms with Crippen molar-refractivity contribution >= 4 is 6.08 Å². The van der Waals surface area contributed by atoms with Crippen molar-refractivity contribution < 1.29 is 0 Å². The normalized spacial score (nSPS) is 13.2. The van der Waals surface area contributed by atoms with Gasteiger partial charge in [0.25, 0.3) is 0 Å². The fraction of sp³-hybridized carbons (Fsp3) is 0.250. The van der Waals surface area contributed by atoms with Crippen molar-refractivity contribution in [3.63, 3.8) is 0 Å². The molecule has 3 rings (SSSR count). The maximum atomic E-state index is 2.29. The summed E-state index contributed by atoms with van der Waals surface area (Å²) in [5, 5.41) is 0. The molecule has 2 aromatic rings. The molecule has 0 aromatic heterocycles. The van der Waals surface area contributed by atoms with Gasteiger partial charge in [0.2, 0.25) is 0 Å². The Morgan fingerprint density at radius 1 is 0.950 bits per heavy atom. The minimum Gasteiger partial charge on any atom is -0.0654 e. The predicted molar refractivity (Wildman–Crippen MR) is 87.5 cm³/mol. The van der Waals surface area contributed by atoms with E-state index in [0.29, 0.717) is 0 Å². The molecule has 0 bridgehead atoms. The lowest BCUT2D eigenvalue weighted by atomic mass is 9.96. The van der Waals surface area contributed by atoms with Crippen LogP contribution in [0.25, 0.3) is 17.2 Å². The maximum Gasteiger partial charge on any atom is 0.0161 e. The summed E-state index contributed by atoms with van der Waals surface area (Å²) in [6.45, 7) is 4.41. The Hall–Kier alpha value is -1.82. The smallest absolute Gasteiger partial charge is 0.0161 e. The number of unbranched alkanes of at least 4 members (excludes halogenated alkanes) is 1. The van der Waals surface area contributed by atoms with E-state index in [-0.39, 0.29) is 0 Å². The van der Waals surface area contributed by atoms with Crippen molar-refractivity contribution in [2.75, 3.05) is 0 Å². The number of hydrogen-bond acceptors (Lipinski definition) is 0. The first-order valence-electron chi connectivity index (χ1n) is 7.53. The average molecular weight is 261 g/mol. The fourth-order valence-electron chi connectivity index (χ4n) is 2.87. The molecule has 0 nitrogen and oxygen atoms in total. The molecule has 0 spiro atoms. The Morgan fingerprint density at radius 3 is 2.50 bits per heavy atom. The van der Waals surface area contributed by atoms with E-state index in [2.05, 4.69) is 68.8 Å². The van der Waals surface area contributed by atoms with Crippen molar-refractivity contribution in [3.05, 3.63) is 71.1 Å². The van der Waals surface area contributed by atoms with E-state index in [1.54, 1.807) is 0 Å². The highest BCUT2D eigenvalue weighted by Gasteiger charge is 2.14. The van der Waals surface area contributed by atoms with Gasteiger partial charge in [-0.1, -0.05) is 67.5 Å². The van der Waals surface area contributed by atoms with Gasteiger partial charge in [-0.3, -0.25) is 0 Å². The fourth-order valence-corrected chi connectivity index (χ4v) is 2.87. The summed E-state index contributed by atoms with van der Waals surface area (Å²) in [6, 6.07) is 15.7. The molecule has 0 amide bonds. The molecule has 0 fully saturated rings. The Kier molecular flexibility index (Phi) is 3.73. The number of benzene rings is 2. The summed E-state index contributed by atoms with van der Waals surface area (Å²) in [5.41, 5.74) is 8.16. The van der Waals surface area contributed by atoms with Crippen LogP contribution in [0.15, 0.2) is 48.0 Å². The molecule has 0 heterocycles. The first kappa shape index (κ1) is 13.2. The van der Waals surface area contributed by atoms with E-state index >= 15 is 0 Å². The first-order chi connectivity index (χ1) is 9.78. The van der Waals surface area contributed by atoms with Crippen LogP contribution in [-0.4, -0.2) is 0 Å². The van der Waals surface area contributed by atoms with E-state index in [1.165, 1.54) is 52.7 Å². The topological polar surface area (TPSA) is 0 Å². The van der Waals surface area contributed by atoms with Gasteiger partial charge in [-0.2, -0.15) is 0 Å². The van der Waals surface area contributed by atoms with Gasteiger partial charge in [0.1, 0.15) is 0 Å². The lowest BCUT2D eigenvalue weighted by Crippen LogP contribution is -1.88. The largest absolute Gasteiger partial charge is 0.0654 e. The molecule has 0 aliphatic heterocycles. The molecule has 0 unspecified atom stereocenters. The zero-order valence-corrected chi connectivity index (χ0v) is 12.3. The number of hydrogen-bond donors (Lipinski definition) is 0. The Labute approximate surface area is 122 Å². The molecular weight excluding hydrogens is 240 g/mol. The van der Waals surface area contributed by atoms with Crippen LogP contribution in [0.3, 0.4) is 0 Å². The third-order valence-electron chi connectivity index (χ3n) is 3.98. The van der Waals surface area contributed by atoms with Gasteiger partial charge in [-0.15, -0.1) is 0 Å². The summed E-state index contributed by atoms with van der Waals surface area (Å²) in [6.07, 6.45) is 8.27. The minimum atomic E-state index is 1.19. The summed E-state index contributed by atoms with van der Waals surface area (Å²) in [4.78, 5) is 0. The van der Waals surface area contributed by atoms with Crippen LogP contribution in [0.1, 0.15) is 43.4 Å². The van der Waals surface area contributed by atoms with Gasteiger partial charge >= 0.3 is 0 Å². The highest BCUT2D eigenvalue weighted by molar-refractivity contribution is 5.83. The van der Waals surface area contributed by atoms with Crippen molar-refractivity contribution in [2.24, 2.45) is 0 Å². The lowest BCUT2D eigenvalue weighted by Gasteiger charge is -2.09. The lowest BCUT2D eigenvalue weighted by molar-refractivity contribution is 0.795. The van der Waals surface area contributed by atoms with E-state index in [0.717, 1.165) is 0 Å². The average Bonchev–Trinajstić information content (AvgIpc) is 2.85. The van der Waals surface area contributed by atoms with Crippen LogP contribution in [0.5, 0.6) is 0 Å². The second kappa shape index (κ2) is 5.66. The van der Waals surface area contributed by atoms with Gasteiger partial charge in [0, 0.05) is 6.42 Å². The van der Waals surface area contributed by atoms with Crippen LogP contribution in [0, 0.1) is 6.42 Å². The molecule has 0 heteroatoms. The van der Waals surface area contributed by atoms with E-state index in [4.69, 9.17) is 0 Å². The molecule has 20 heavy (non-hydrogen) atoms. The van der Waals surface area contributed by atoms with Gasteiger partial charge in [-0.05, 0) is 47.6 Å². The molecule has 0 saturated carbocycles. The van der Waals surface area contributed by atoms with Gasteiger partial charge in [0.05, 0.1) is 0 Å². The van der Waals surface area contributed by atoms with Crippen LogP contribution in [-0.2, 0) is 6.42 Å². The predicted octanol–water partition coefficient (Wildman–Crippen LogP) is 5.67. The van der Waals surface area contributed by atoms with Crippen molar-refractivity contribution in [1.29, 1.82) is 0 Å². The van der Waals surface area contributed by atoms with Gasteiger partial charge < -0.3 is 0 Å². The van der Waals surface area contributed by atoms with Crippen LogP contribution in [0.4, 0.5) is 0 Å². The van der Waals surface area contributed by atoms with E-state index in [1.807, 2.05) is 0 Å². The Bertz CT molecular complexity index is 630. The highest BCUT2D eigenvalue weighted by atomic mass is 14.2. The van der Waals surface area contributed by atoms with E-state index < -0.39 is 0 Å². The second-order valence-electron chi connectivity index (χ2n) is 5.64. The number of allylic oxidation sites excluding steroid dienone is 1.